The van der Waals surface area contributed by atoms with Gasteiger partial charge in [0.05, 0.1) is 13.2 Å². The van der Waals surface area contributed by atoms with Gasteiger partial charge in [0.15, 0.2) is 0 Å². The highest BCUT2D eigenvalue weighted by atomic mass is 32.2. The summed E-state index contributed by atoms with van der Waals surface area (Å²) in [5.41, 5.74) is 1.06. The number of para-hydroxylation sites is 1. The SMILES string of the molecule is O=C(C1CCN(S(=O)(=O)N2CCOCC2)CC1)N1CCC(Cc2nncn2-c2ccccc2)CC1. The third-order valence-electron chi connectivity index (χ3n) is 7.48. The Morgan fingerprint density at radius 1 is 0.914 bits per heavy atom. The van der Waals surface area contributed by atoms with Crippen molar-refractivity contribution in [2.24, 2.45) is 11.8 Å². The summed E-state index contributed by atoms with van der Waals surface area (Å²) in [5, 5.41) is 8.46. The van der Waals surface area contributed by atoms with Crippen LogP contribution in [0.1, 0.15) is 31.5 Å². The number of amides is 1. The fourth-order valence-corrected chi connectivity index (χ4v) is 6.96. The van der Waals surface area contributed by atoms with Crippen molar-refractivity contribution in [3.05, 3.63) is 42.5 Å². The Kier molecular flexibility index (Phi) is 7.47. The number of aromatic nitrogens is 3. The minimum Gasteiger partial charge on any atom is -0.379 e. The Labute approximate surface area is 207 Å². The minimum absolute atomic E-state index is 0.0936. The van der Waals surface area contributed by atoms with Crippen LogP contribution in [0.3, 0.4) is 0 Å². The predicted molar refractivity (Wildman–Crippen MR) is 130 cm³/mol. The fraction of sp³-hybridized carbons (Fsp3) is 0.625. The average Bonchev–Trinajstić information content (AvgIpc) is 3.38. The van der Waals surface area contributed by atoms with Crippen molar-refractivity contribution in [2.75, 3.05) is 52.5 Å². The van der Waals surface area contributed by atoms with Crippen LogP contribution >= 0.6 is 0 Å². The molecule has 35 heavy (non-hydrogen) atoms. The molecule has 0 radical (unpaired) electrons. The first-order valence-corrected chi connectivity index (χ1v) is 14.0. The van der Waals surface area contributed by atoms with Crippen LogP contribution in [0.15, 0.2) is 36.7 Å². The molecule has 11 heteroatoms. The maximum absolute atomic E-state index is 13.2. The Balaban J connectivity index is 1.10. The van der Waals surface area contributed by atoms with Crippen molar-refractivity contribution in [2.45, 2.75) is 32.1 Å². The van der Waals surface area contributed by atoms with Crippen LogP contribution in [-0.4, -0.2) is 95.1 Å². The first kappa shape index (κ1) is 24.4. The van der Waals surface area contributed by atoms with Crippen LogP contribution in [0.4, 0.5) is 0 Å². The lowest BCUT2D eigenvalue weighted by Crippen LogP contribution is -2.52. The van der Waals surface area contributed by atoms with Gasteiger partial charge in [0.2, 0.25) is 5.91 Å². The van der Waals surface area contributed by atoms with Crippen molar-refractivity contribution in [3.8, 4) is 5.69 Å². The Hall–Kier alpha value is -2.34. The molecule has 1 aromatic carbocycles. The summed E-state index contributed by atoms with van der Waals surface area (Å²) in [7, 11) is -3.47. The van der Waals surface area contributed by atoms with Crippen LogP contribution < -0.4 is 0 Å². The fourth-order valence-electron chi connectivity index (χ4n) is 5.35. The first-order chi connectivity index (χ1) is 17.0. The molecule has 0 bridgehead atoms. The quantitative estimate of drug-likeness (QED) is 0.591. The molecule has 3 saturated heterocycles. The number of rotatable bonds is 6. The van der Waals surface area contributed by atoms with E-state index >= 15 is 0 Å². The number of hydrogen-bond acceptors (Lipinski definition) is 6. The average molecular weight is 503 g/mol. The van der Waals surface area contributed by atoms with Crippen molar-refractivity contribution in [1.29, 1.82) is 0 Å². The smallest absolute Gasteiger partial charge is 0.282 e. The molecular weight excluding hydrogens is 468 g/mol. The largest absolute Gasteiger partial charge is 0.379 e. The molecule has 5 rings (SSSR count). The summed E-state index contributed by atoms with van der Waals surface area (Å²) in [6, 6.07) is 10.1. The maximum atomic E-state index is 13.2. The van der Waals surface area contributed by atoms with Gasteiger partial charge in [-0.2, -0.15) is 17.0 Å². The lowest BCUT2D eigenvalue weighted by molar-refractivity contribution is -0.138. The summed E-state index contributed by atoms with van der Waals surface area (Å²) in [6.07, 6.45) is 5.66. The van der Waals surface area contributed by atoms with E-state index in [1.54, 1.807) is 6.33 Å². The van der Waals surface area contributed by atoms with Gasteiger partial charge in [0, 0.05) is 57.3 Å². The lowest BCUT2D eigenvalue weighted by atomic mass is 9.90. The second kappa shape index (κ2) is 10.7. The number of ether oxygens (including phenoxy) is 1. The lowest BCUT2D eigenvalue weighted by Gasteiger charge is -2.38. The molecule has 0 aliphatic carbocycles. The van der Waals surface area contributed by atoms with E-state index in [-0.39, 0.29) is 11.8 Å². The number of carbonyl (C=O) groups excluding carboxylic acids is 1. The highest BCUT2D eigenvalue weighted by Crippen LogP contribution is 2.27. The number of piperidine rings is 2. The Morgan fingerprint density at radius 2 is 1.57 bits per heavy atom. The molecule has 2 aromatic rings. The van der Waals surface area contributed by atoms with E-state index in [2.05, 4.69) is 10.2 Å². The molecule has 3 fully saturated rings. The summed E-state index contributed by atoms with van der Waals surface area (Å²) in [5.74, 6) is 1.50. The Morgan fingerprint density at radius 3 is 2.26 bits per heavy atom. The zero-order valence-electron chi connectivity index (χ0n) is 20.0. The van der Waals surface area contributed by atoms with Crippen LogP contribution in [0, 0.1) is 11.8 Å². The van der Waals surface area contributed by atoms with Gasteiger partial charge >= 0.3 is 0 Å². The number of nitrogens with zero attached hydrogens (tertiary/aromatic N) is 6. The summed E-state index contributed by atoms with van der Waals surface area (Å²) >= 11 is 0. The summed E-state index contributed by atoms with van der Waals surface area (Å²) in [4.78, 5) is 15.2. The number of likely N-dealkylation sites (tertiary alicyclic amines) is 1. The number of benzene rings is 1. The van der Waals surface area contributed by atoms with Crippen LogP contribution in [0.2, 0.25) is 0 Å². The van der Waals surface area contributed by atoms with E-state index in [9.17, 15) is 13.2 Å². The third kappa shape index (κ3) is 5.42. The van der Waals surface area contributed by atoms with Gasteiger partial charge < -0.3 is 9.64 Å². The highest BCUT2D eigenvalue weighted by molar-refractivity contribution is 7.86. The molecule has 1 amide bonds. The third-order valence-corrected chi connectivity index (χ3v) is 9.51. The summed E-state index contributed by atoms with van der Waals surface area (Å²) < 4.78 is 36.1. The molecule has 0 saturated carbocycles. The van der Waals surface area contributed by atoms with Gasteiger partial charge in [-0.15, -0.1) is 10.2 Å². The number of hydrogen-bond donors (Lipinski definition) is 0. The molecule has 0 unspecified atom stereocenters. The van der Waals surface area contributed by atoms with Crippen LogP contribution in [0.5, 0.6) is 0 Å². The van der Waals surface area contributed by atoms with E-state index in [1.165, 1.54) is 8.61 Å². The number of carbonyl (C=O) groups is 1. The monoisotopic (exact) mass is 502 g/mol. The standard InChI is InChI=1S/C24H34N6O4S/c31-24(21-8-12-28(13-9-21)35(32,33)29-14-16-34-17-15-29)27-10-6-20(7-11-27)18-23-26-25-19-30(23)22-4-2-1-3-5-22/h1-5,19-21H,6-18H2. The van der Waals surface area contributed by atoms with E-state index in [4.69, 9.17) is 4.74 Å². The van der Waals surface area contributed by atoms with Gasteiger partial charge in [-0.1, -0.05) is 18.2 Å². The molecule has 3 aliphatic rings. The van der Waals surface area contributed by atoms with E-state index in [1.807, 2.05) is 39.8 Å². The zero-order valence-corrected chi connectivity index (χ0v) is 20.9. The van der Waals surface area contributed by atoms with Gasteiger partial charge in [-0.05, 0) is 43.7 Å². The van der Waals surface area contributed by atoms with Crippen molar-refractivity contribution < 1.29 is 17.9 Å². The second-order valence-electron chi connectivity index (χ2n) is 9.62. The van der Waals surface area contributed by atoms with Gasteiger partial charge in [0.25, 0.3) is 10.2 Å². The van der Waals surface area contributed by atoms with Crippen LogP contribution in [-0.2, 0) is 26.2 Å². The topological polar surface area (TPSA) is 101 Å². The minimum atomic E-state index is -3.47. The molecule has 10 nitrogen and oxygen atoms in total. The van der Waals surface area contributed by atoms with E-state index in [0.717, 1.165) is 43.9 Å². The molecule has 3 aliphatic heterocycles. The van der Waals surface area contributed by atoms with Crippen molar-refractivity contribution >= 4 is 16.1 Å². The second-order valence-corrected chi connectivity index (χ2v) is 11.5. The zero-order chi connectivity index (χ0) is 24.3. The molecule has 0 N–H and O–H groups in total. The van der Waals surface area contributed by atoms with Gasteiger partial charge in [-0.25, -0.2) is 0 Å². The number of morpholine rings is 1. The Bertz CT molecular complexity index is 1090. The van der Waals surface area contributed by atoms with Crippen LogP contribution in [0.25, 0.3) is 5.69 Å². The molecule has 0 atom stereocenters. The molecule has 190 valence electrons. The maximum Gasteiger partial charge on any atom is 0.282 e. The molecule has 0 spiro atoms. The summed E-state index contributed by atoms with van der Waals surface area (Å²) in [6.45, 7) is 3.98. The van der Waals surface area contributed by atoms with Crippen molar-refractivity contribution in [3.63, 3.8) is 0 Å². The predicted octanol–water partition coefficient (Wildman–Crippen LogP) is 1.34. The van der Waals surface area contributed by atoms with E-state index in [0.29, 0.717) is 58.2 Å². The van der Waals surface area contributed by atoms with Gasteiger partial charge in [0.1, 0.15) is 12.2 Å². The highest BCUT2D eigenvalue weighted by Gasteiger charge is 2.37. The first-order valence-electron chi connectivity index (χ1n) is 12.6. The molecule has 1 aromatic heterocycles. The van der Waals surface area contributed by atoms with Gasteiger partial charge in [-0.3, -0.25) is 9.36 Å². The normalized spacial score (nSPS) is 21.9. The molecule has 4 heterocycles. The van der Waals surface area contributed by atoms with E-state index < -0.39 is 10.2 Å². The molecular formula is C24H34N6O4S. The van der Waals surface area contributed by atoms with Crippen molar-refractivity contribution in [1.82, 2.24) is 28.3 Å².